The molecule has 1 unspecified atom stereocenters. The van der Waals surface area contributed by atoms with Gasteiger partial charge in [0.1, 0.15) is 11.9 Å². The van der Waals surface area contributed by atoms with E-state index in [2.05, 4.69) is 0 Å². The van der Waals surface area contributed by atoms with Crippen molar-refractivity contribution in [2.75, 3.05) is 7.11 Å². The molecule has 1 atom stereocenters. The second kappa shape index (κ2) is 5.77. The molecule has 0 heterocycles. The van der Waals surface area contributed by atoms with Crippen LogP contribution < -0.4 is 4.74 Å². The minimum absolute atomic E-state index is 0.171. The van der Waals surface area contributed by atoms with Gasteiger partial charge in [0.15, 0.2) is 11.6 Å². The van der Waals surface area contributed by atoms with E-state index >= 15 is 0 Å². The van der Waals surface area contributed by atoms with Crippen molar-refractivity contribution >= 4 is 11.6 Å². The maximum atomic E-state index is 13.9. The van der Waals surface area contributed by atoms with Gasteiger partial charge in [-0.15, -0.1) is 0 Å². The van der Waals surface area contributed by atoms with E-state index in [-0.39, 0.29) is 21.7 Å². The fourth-order valence-electron chi connectivity index (χ4n) is 1.99. The molecule has 0 aromatic heterocycles. The summed E-state index contributed by atoms with van der Waals surface area (Å²) in [7, 11) is 1.41. The first-order chi connectivity index (χ1) is 9.47. The zero-order chi connectivity index (χ0) is 14.9. The molecule has 0 amide bonds. The summed E-state index contributed by atoms with van der Waals surface area (Å²) in [4.78, 5) is 0. The highest BCUT2D eigenvalue weighted by Gasteiger charge is 2.24. The van der Waals surface area contributed by atoms with E-state index < -0.39 is 17.7 Å². The van der Waals surface area contributed by atoms with Gasteiger partial charge < -0.3 is 9.84 Å². The van der Waals surface area contributed by atoms with E-state index in [0.717, 1.165) is 0 Å². The number of aryl methyl sites for hydroxylation is 1. The van der Waals surface area contributed by atoms with Crippen LogP contribution in [-0.4, -0.2) is 12.2 Å². The van der Waals surface area contributed by atoms with Gasteiger partial charge in [0.05, 0.1) is 12.1 Å². The Hall–Kier alpha value is -1.65. The largest absolute Gasteiger partial charge is 0.496 e. The molecule has 2 aromatic carbocycles. The Balaban J connectivity index is 2.58. The summed E-state index contributed by atoms with van der Waals surface area (Å²) in [5, 5.41) is 10.5. The summed E-state index contributed by atoms with van der Waals surface area (Å²) in [6.07, 6.45) is -1.41. The maximum absolute atomic E-state index is 13.9. The molecule has 2 aromatic rings. The van der Waals surface area contributed by atoms with Crippen molar-refractivity contribution in [3.8, 4) is 5.75 Å². The summed E-state index contributed by atoms with van der Waals surface area (Å²) in [6.45, 7) is 1.45. The summed E-state index contributed by atoms with van der Waals surface area (Å²) in [5.74, 6) is -1.75. The van der Waals surface area contributed by atoms with Gasteiger partial charge in [-0.2, -0.15) is 0 Å². The number of ether oxygens (including phenoxy) is 1. The van der Waals surface area contributed by atoms with E-state index in [1.165, 1.54) is 26.2 Å². The molecule has 20 heavy (non-hydrogen) atoms. The molecule has 0 spiro atoms. The number of hydrogen-bond donors (Lipinski definition) is 1. The number of benzene rings is 2. The van der Waals surface area contributed by atoms with Crippen molar-refractivity contribution in [1.29, 1.82) is 0 Å². The van der Waals surface area contributed by atoms with E-state index in [4.69, 9.17) is 16.3 Å². The minimum atomic E-state index is -1.41. The molecule has 2 rings (SSSR count). The molecule has 0 aliphatic carbocycles. The third-order valence-electron chi connectivity index (χ3n) is 3.11. The zero-order valence-corrected chi connectivity index (χ0v) is 11.7. The number of hydrogen-bond acceptors (Lipinski definition) is 2. The molecule has 0 aliphatic heterocycles. The maximum Gasteiger partial charge on any atom is 0.165 e. The third-order valence-corrected chi connectivity index (χ3v) is 3.44. The molecule has 106 valence electrons. The van der Waals surface area contributed by atoms with Gasteiger partial charge in [-0.3, -0.25) is 0 Å². The first-order valence-electron chi connectivity index (χ1n) is 5.92. The summed E-state index contributed by atoms with van der Waals surface area (Å²) in [5.41, 5.74) is 0.197. The van der Waals surface area contributed by atoms with Gasteiger partial charge in [0.25, 0.3) is 0 Å². The SMILES string of the molecule is COc1cccc(Cl)c1C(O)c1ccc(C)c(F)c1F. The summed E-state index contributed by atoms with van der Waals surface area (Å²) >= 11 is 6.02. The molecule has 0 aliphatic rings. The second-order valence-corrected chi connectivity index (χ2v) is 4.77. The molecule has 0 bridgehead atoms. The van der Waals surface area contributed by atoms with E-state index in [9.17, 15) is 13.9 Å². The number of aliphatic hydroxyl groups excluding tert-OH is 1. The third kappa shape index (κ3) is 2.49. The standard InChI is InChI=1S/C15H13ClF2O2/c1-8-6-7-9(14(18)13(8)17)15(19)12-10(16)4-3-5-11(12)20-2/h3-7,15,19H,1-2H3. The van der Waals surface area contributed by atoms with Gasteiger partial charge in [-0.05, 0) is 24.6 Å². The van der Waals surface area contributed by atoms with Crippen molar-refractivity contribution < 1.29 is 18.6 Å². The van der Waals surface area contributed by atoms with Gasteiger partial charge in [0.2, 0.25) is 0 Å². The molecule has 0 radical (unpaired) electrons. The Labute approximate surface area is 120 Å². The van der Waals surface area contributed by atoms with Crippen molar-refractivity contribution in [3.63, 3.8) is 0 Å². The fraction of sp³-hybridized carbons (Fsp3) is 0.200. The Morgan fingerprint density at radius 2 is 1.85 bits per heavy atom. The number of aliphatic hydroxyl groups is 1. The molecule has 0 saturated heterocycles. The molecule has 0 saturated carbocycles. The topological polar surface area (TPSA) is 29.5 Å². The molecular weight excluding hydrogens is 286 g/mol. The van der Waals surface area contributed by atoms with Gasteiger partial charge in [-0.25, -0.2) is 8.78 Å². The first kappa shape index (κ1) is 14.8. The number of methoxy groups -OCH3 is 1. The van der Waals surface area contributed by atoms with Crippen LogP contribution in [0.25, 0.3) is 0 Å². The average molecular weight is 299 g/mol. The number of rotatable bonds is 3. The predicted molar refractivity (Wildman–Crippen MR) is 73.2 cm³/mol. The quantitative estimate of drug-likeness (QED) is 0.927. The Bertz CT molecular complexity index is 644. The van der Waals surface area contributed by atoms with Gasteiger partial charge >= 0.3 is 0 Å². The van der Waals surface area contributed by atoms with Crippen molar-refractivity contribution in [1.82, 2.24) is 0 Å². The molecule has 5 heteroatoms. The van der Waals surface area contributed by atoms with Crippen LogP contribution >= 0.6 is 11.6 Å². The highest BCUT2D eigenvalue weighted by Crippen LogP contribution is 2.37. The van der Waals surface area contributed by atoms with Crippen LogP contribution in [-0.2, 0) is 0 Å². The highest BCUT2D eigenvalue weighted by atomic mass is 35.5. The Morgan fingerprint density at radius 3 is 2.50 bits per heavy atom. The van der Waals surface area contributed by atoms with E-state index in [0.29, 0.717) is 5.75 Å². The van der Waals surface area contributed by atoms with E-state index in [1.807, 2.05) is 0 Å². The van der Waals surface area contributed by atoms with Crippen molar-refractivity contribution in [2.24, 2.45) is 0 Å². The lowest BCUT2D eigenvalue weighted by Crippen LogP contribution is -2.07. The average Bonchev–Trinajstić information content (AvgIpc) is 2.44. The normalized spacial score (nSPS) is 12.3. The Kier molecular flexibility index (Phi) is 4.26. The van der Waals surface area contributed by atoms with Crippen LogP contribution in [0.1, 0.15) is 22.8 Å². The van der Waals surface area contributed by atoms with Crippen LogP contribution in [0.3, 0.4) is 0 Å². The van der Waals surface area contributed by atoms with E-state index in [1.54, 1.807) is 18.2 Å². The summed E-state index contributed by atoms with van der Waals surface area (Å²) < 4.78 is 32.6. The lowest BCUT2D eigenvalue weighted by Gasteiger charge is -2.17. The monoisotopic (exact) mass is 298 g/mol. The van der Waals surface area contributed by atoms with Crippen LogP contribution in [0.4, 0.5) is 8.78 Å². The highest BCUT2D eigenvalue weighted by molar-refractivity contribution is 6.31. The van der Waals surface area contributed by atoms with Crippen molar-refractivity contribution in [3.05, 3.63) is 63.7 Å². The molecule has 0 fully saturated rings. The lowest BCUT2D eigenvalue weighted by molar-refractivity contribution is 0.208. The first-order valence-corrected chi connectivity index (χ1v) is 6.30. The Morgan fingerprint density at radius 1 is 1.15 bits per heavy atom. The zero-order valence-electron chi connectivity index (χ0n) is 11.0. The van der Waals surface area contributed by atoms with Crippen LogP contribution in [0, 0.1) is 18.6 Å². The van der Waals surface area contributed by atoms with Crippen molar-refractivity contribution in [2.45, 2.75) is 13.0 Å². The van der Waals surface area contributed by atoms with Crippen LogP contribution in [0.5, 0.6) is 5.75 Å². The van der Waals surface area contributed by atoms with Gasteiger partial charge in [0, 0.05) is 11.1 Å². The fourth-order valence-corrected chi connectivity index (χ4v) is 2.26. The predicted octanol–water partition coefficient (Wildman–Crippen LogP) is 4.02. The summed E-state index contributed by atoms with van der Waals surface area (Å²) in [6, 6.07) is 7.52. The minimum Gasteiger partial charge on any atom is -0.496 e. The van der Waals surface area contributed by atoms with Gasteiger partial charge in [-0.1, -0.05) is 29.8 Å². The molecule has 2 nitrogen and oxygen atoms in total. The molecular formula is C15H13ClF2O2. The number of halogens is 3. The van der Waals surface area contributed by atoms with Crippen LogP contribution in [0.15, 0.2) is 30.3 Å². The second-order valence-electron chi connectivity index (χ2n) is 4.36. The lowest BCUT2D eigenvalue weighted by atomic mass is 9.98. The van der Waals surface area contributed by atoms with Crippen LogP contribution in [0.2, 0.25) is 5.02 Å². The smallest absolute Gasteiger partial charge is 0.165 e. The molecule has 1 N–H and O–H groups in total.